The zero-order chi connectivity index (χ0) is 17.1. The molecule has 2 aromatic rings. The highest BCUT2D eigenvalue weighted by molar-refractivity contribution is 6.74. The van der Waals surface area contributed by atoms with Gasteiger partial charge in [-0.3, -0.25) is 0 Å². The molecule has 0 heterocycles. The predicted octanol–water partition coefficient (Wildman–Crippen LogP) is 6.55. The highest BCUT2D eigenvalue weighted by Crippen LogP contribution is 2.43. The first-order valence-corrected chi connectivity index (χ1v) is 11.4. The van der Waals surface area contributed by atoms with Gasteiger partial charge in [-0.05, 0) is 29.3 Å². The summed E-state index contributed by atoms with van der Waals surface area (Å²) in [5.41, 5.74) is 2.61. The molecule has 2 atom stereocenters. The van der Waals surface area contributed by atoms with Crippen LogP contribution in [-0.4, -0.2) is 8.32 Å². The Morgan fingerprint density at radius 3 is 1.65 bits per heavy atom. The summed E-state index contributed by atoms with van der Waals surface area (Å²) in [7, 11) is -1.85. The fourth-order valence-corrected chi connectivity index (χ4v) is 3.86. The van der Waals surface area contributed by atoms with E-state index in [9.17, 15) is 0 Å². The van der Waals surface area contributed by atoms with Crippen molar-refractivity contribution in [3.63, 3.8) is 0 Å². The van der Waals surface area contributed by atoms with Crippen molar-refractivity contribution in [2.75, 3.05) is 0 Å². The van der Waals surface area contributed by atoms with Crippen LogP contribution in [0, 0.1) is 0 Å². The summed E-state index contributed by atoms with van der Waals surface area (Å²) in [5, 5.41) is 0.205. The van der Waals surface area contributed by atoms with Crippen molar-refractivity contribution in [2.24, 2.45) is 0 Å². The van der Waals surface area contributed by atoms with E-state index in [1.807, 2.05) is 0 Å². The van der Waals surface area contributed by atoms with E-state index in [0.29, 0.717) is 5.92 Å². The second-order valence-corrected chi connectivity index (χ2v) is 12.7. The van der Waals surface area contributed by atoms with Crippen LogP contribution >= 0.6 is 0 Å². The molecule has 1 nitrogen and oxygen atoms in total. The quantitative estimate of drug-likeness (QED) is 0.566. The minimum atomic E-state index is -1.85. The first-order valence-electron chi connectivity index (χ1n) is 8.50. The van der Waals surface area contributed by atoms with E-state index < -0.39 is 8.32 Å². The van der Waals surface area contributed by atoms with E-state index in [0.717, 1.165) is 0 Å². The first-order chi connectivity index (χ1) is 10.7. The van der Waals surface area contributed by atoms with Crippen LogP contribution in [0.5, 0.6) is 0 Å². The molecule has 23 heavy (non-hydrogen) atoms. The molecule has 124 valence electrons. The summed E-state index contributed by atoms with van der Waals surface area (Å²) in [6.07, 6.45) is 0.0968. The average Bonchev–Trinajstić information content (AvgIpc) is 2.52. The molecule has 0 bridgehead atoms. The summed E-state index contributed by atoms with van der Waals surface area (Å²) in [4.78, 5) is 0. The SMILES string of the molecule is C[C@H](c1ccccc1)[C@@H](O[Si](C)(C)C(C)(C)C)c1ccccc1. The second-order valence-electron chi connectivity index (χ2n) is 7.91. The van der Waals surface area contributed by atoms with Gasteiger partial charge in [0, 0.05) is 5.92 Å². The molecule has 0 unspecified atom stereocenters. The van der Waals surface area contributed by atoms with Crippen molar-refractivity contribution < 1.29 is 4.43 Å². The van der Waals surface area contributed by atoms with Gasteiger partial charge < -0.3 is 4.43 Å². The summed E-state index contributed by atoms with van der Waals surface area (Å²) < 4.78 is 6.84. The van der Waals surface area contributed by atoms with Gasteiger partial charge in [0.25, 0.3) is 0 Å². The molecule has 0 aliphatic heterocycles. The maximum Gasteiger partial charge on any atom is 0.192 e. The minimum Gasteiger partial charge on any atom is -0.409 e. The molecule has 0 saturated heterocycles. The van der Waals surface area contributed by atoms with Crippen LogP contribution in [0.25, 0.3) is 0 Å². The number of hydrogen-bond donors (Lipinski definition) is 0. The largest absolute Gasteiger partial charge is 0.409 e. The Labute approximate surface area is 142 Å². The van der Waals surface area contributed by atoms with Gasteiger partial charge in [-0.2, -0.15) is 0 Å². The third-order valence-electron chi connectivity index (χ3n) is 5.14. The number of rotatable bonds is 5. The van der Waals surface area contributed by atoms with E-state index in [4.69, 9.17) is 4.43 Å². The Morgan fingerprint density at radius 1 is 0.783 bits per heavy atom. The van der Waals surface area contributed by atoms with Gasteiger partial charge in [0.05, 0.1) is 6.10 Å². The third kappa shape index (κ3) is 4.33. The molecule has 0 aliphatic carbocycles. The van der Waals surface area contributed by atoms with Gasteiger partial charge in [-0.15, -0.1) is 0 Å². The van der Waals surface area contributed by atoms with E-state index in [1.54, 1.807) is 0 Å². The smallest absolute Gasteiger partial charge is 0.192 e. The van der Waals surface area contributed by atoms with Crippen LogP contribution < -0.4 is 0 Å². The monoisotopic (exact) mass is 326 g/mol. The molecule has 0 fully saturated rings. The van der Waals surface area contributed by atoms with Gasteiger partial charge in [0.1, 0.15) is 0 Å². The van der Waals surface area contributed by atoms with Gasteiger partial charge >= 0.3 is 0 Å². The molecule has 2 aromatic carbocycles. The first kappa shape index (κ1) is 18.0. The standard InChI is InChI=1S/C21H30OSi/c1-17(18-13-9-7-10-14-18)20(19-15-11-8-12-16-19)22-23(5,6)21(2,3)4/h7-17,20H,1-6H3/t17-,20-/m1/s1. The van der Waals surface area contributed by atoms with E-state index >= 15 is 0 Å². The van der Waals surface area contributed by atoms with Crippen molar-refractivity contribution >= 4 is 8.32 Å². The van der Waals surface area contributed by atoms with Gasteiger partial charge in [-0.1, -0.05) is 88.4 Å². The molecular weight excluding hydrogens is 296 g/mol. The van der Waals surface area contributed by atoms with Gasteiger partial charge in [-0.25, -0.2) is 0 Å². The van der Waals surface area contributed by atoms with Crippen LogP contribution in [0.15, 0.2) is 60.7 Å². The maximum absolute atomic E-state index is 6.84. The maximum atomic E-state index is 6.84. The molecule has 0 aromatic heterocycles. The van der Waals surface area contributed by atoms with Crippen molar-refractivity contribution in [1.29, 1.82) is 0 Å². The fraction of sp³-hybridized carbons (Fsp3) is 0.429. The molecule has 2 rings (SSSR count). The lowest BCUT2D eigenvalue weighted by Gasteiger charge is -2.41. The number of benzene rings is 2. The highest BCUT2D eigenvalue weighted by atomic mass is 28.4. The lowest BCUT2D eigenvalue weighted by molar-refractivity contribution is 0.159. The molecular formula is C21H30OSi. The molecule has 0 amide bonds. The summed E-state index contributed by atoms with van der Waals surface area (Å²) in [5.74, 6) is 0.327. The second kappa shape index (κ2) is 7.02. The molecule has 0 saturated carbocycles. The highest BCUT2D eigenvalue weighted by Gasteiger charge is 2.40. The Kier molecular flexibility index (Phi) is 5.48. The molecule has 0 spiro atoms. The molecule has 0 aliphatic rings. The fourth-order valence-electron chi connectivity index (χ4n) is 2.53. The topological polar surface area (TPSA) is 9.23 Å². The zero-order valence-electron chi connectivity index (χ0n) is 15.3. The van der Waals surface area contributed by atoms with Gasteiger partial charge in [0.15, 0.2) is 8.32 Å². The zero-order valence-corrected chi connectivity index (χ0v) is 16.3. The Morgan fingerprint density at radius 2 is 1.22 bits per heavy atom. The van der Waals surface area contributed by atoms with Crippen molar-refractivity contribution in [1.82, 2.24) is 0 Å². The Bertz CT molecular complexity index is 599. The third-order valence-corrected chi connectivity index (χ3v) is 9.59. The van der Waals surface area contributed by atoms with Crippen LogP contribution in [0.3, 0.4) is 0 Å². The predicted molar refractivity (Wildman–Crippen MR) is 102 cm³/mol. The summed E-state index contributed by atoms with van der Waals surface area (Å²) in [6, 6.07) is 21.4. The van der Waals surface area contributed by atoms with Crippen molar-refractivity contribution in [3.8, 4) is 0 Å². The van der Waals surface area contributed by atoms with Crippen molar-refractivity contribution in [3.05, 3.63) is 71.8 Å². The number of hydrogen-bond acceptors (Lipinski definition) is 1. The Hall–Kier alpha value is -1.38. The van der Waals surface area contributed by atoms with Gasteiger partial charge in [0.2, 0.25) is 0 Å². The molecule has 0 radical (unpaired) electrons. The van der Waals surface area contributed by atoms with Crippen LogP contribution in [0.2, 0.25) is 18.1 Å². The lowest BCUT2D eigenvalue weighted by atomic mass is 9.91. The van der Waals surface area contributed by atoms with E-state index in [1.165, 1.54) is 11.1 Å². The Balaban J connectivity index is 2.37. The van der Waals surface area contributed by atoms with Crippen LogP contribution in [-0.2, 0) is 4.43 Å². The summed E-state index contributed by atoms with van der Waals surface area (Å²) in [6.45, 7) is 13.8. The molecule has 0 N–H and O–H groups in total. The van der Waals surface area contributed by atoms with Crippen LogP contribution in [0.4, 0.5) is 0 Å². The van der Waals surface area contributed by atoms with E-state index in [2.05, 4.69) is 101 Å². The van der Waals surface area contributed by atoms with E-state index in [-0.39, 0.29) is 11.1 Å². The molecule has 2 heteroatoms. The average molecular weight is 327 g/mol. The normalized spacial score (nSPS) is 15.2. The van der Waals surface area contributed by atoms with Crippen molar-refractivity contribution in [2.45, 2.75) is 57.8 Å². The minimum absolute atomic E-state index is 0.0968. The lowest BCUT2D eigenvalue weighted by Crippen LogP contribution is -2.42. The van der Waals surface area contributed by atoms with Crippen LogP contribution in [0.1, 0.15) is 50.8 Å². The summed E-state index contributed by atoms with van der Waals surface area (Å²) >= 11 is 0.